The van der Waals surface area contributed by atoms with Crippen molar-refractivity contribution in [2.75, 3.05) is 11.9 Å². The van der Waals surface area contributed by atoms with Crippen molar-refractivity contribution in [2.45, 2.75) is 73.1 Å². The number of carbonyl (C=O) groups excluding carboxylic acids is 3. The fourth-order valence-electron chi connectivity index (χ4n) is 3.99. The Balaban J connectivity index is 2.60. The molecule has 0 aliphatic rings. The van der Waals surface area contributed by atoms with Gasteiger partial charge in [0.25, 0.3) is 5.91 Å². The lowest BCUT2D eigenvalue weighted by Crippen LogP contribution is -2.54. The number of carbonyl (C=O) groups is 3. The minimum Gasteiger partial charge on any atom is -0.444 e. The summed E-state index contributed by atoms with van der Waals surface area (Å²) in [4.78, 5) is 41.7. The molecule has 2 atom stereocenters. The van der Waals surface area contributed by atoms with E-state index in [2.05, 4.69) is 10.6 Å². The second-order valence-corrected chi connectivity index (χ2v) is 11.1. The van der Waals surface area contributed by atoms with Crippen LogP contribution in [-0.2, 0) is 14.3 Å². The number of anilines is 1. The molecule has 0 spiro atoms. The van der Waals surface area contributed by atoms with Crippen LogP contribution in [0.3, 0.4) is 0 Å². The Morgan fingerprint density at radius 2 is 1.74 bits per heavy atom. The normalized spacial score (nSPS) is 12.8. The highest BCUT2D eigenvalue weighted by molar-refractivity contribution is 6.34. The van der Waals surface area contributed by atoms with Crippen LogP contribution < -0.4 is 10.6 Å². The Bertz CT molecular complexity index is 1210. The third kappa shape index (κ3) is 7.96. The number of rotatable bonds is 8. The quantitative estimate of drug-likeness (QED) is 0.408. The monoisotopic (exact) mass is 540 g/mol. The van der Waals surface area contributed by atoms with E-state index in [0.29, 0.717) is 16.3 Å². The second-order valence-electron chi connectivity index (χ2n) is 10.7. The predicted molar refractivity (Wildman–Crippen MR) is 149 cm³/mol. The summed E-state index contributed by atoms with van der Waals surface area (Å²) in [5.41, 5.74) is 2.61. The number of hydrogen-bond donors (Lipinski definition) is 2. The standard InChI is InChI=1S/C29H37ClN4O4/c1-17(2)23(33-28(37)38-29(6,7)8)27(36)34(15-14-31)25(21-16-18(3)12-13-19(21)4)26(35)32-24-20(5)10-9-11-22(24)30/h9-13,16-17,23,25H,15H2,1-8H3,(H,32,35)(H,33,37). The van der Waals surface area contributed by atoms with Crippen LogP contribution in [0.15, 0.2) is 36.4 Å². The number of halogens is 1. The molecule has 0 aromatic heterocycles. The predicted octanol–water partition coefficient (Wildman–Crippen LogP) is 5.85. The van der Waals surface area contributed by atoms with Crippen molar-refractivity contribution in [3.63, 3.8) is 0 Å². The highest BCUT2D eigenvalue weighted by atomic mass is 35.5. The third-order valence-corrected chi connectivity index (χ3v) is 6.20. The van der Waals surface area contributed by atoms with Crippen LogP contribution in [0.2, 0.25) is 5.02 Å². The van der Waals surface area contributed by atoms with Crippen LogP contribution in [0, 0.1) is 38.0 Å². The van der Waals surface area contributed by atoms with Crippen LogP contribution in [0.5, 0.6) is 0 Å². The van der Waals surface area contributed by atoms with Gasteiger partial charge in [-0.3, -0.25) is 9.59 Å². The Morgan fingerprint density at radius 3 is 2.29 bits per heavy atom. The lowest BCUT2D eigenvalue weighted by Gasteiger charge is -2.35. The van der Waals surface area contributed by atoms with Crippen molar-refractivity contribution < 1.29 is 19.1 Å². The molecule has 3 amide bonds. The Morgan fingerprint density at radius 1 is 1.08 bits per heavy atom. The average Bonchev–Trinajstić information content (AvgIpc) is 2.80. The molecule has 0 saturated carbocycles. The summed E-state index contributed by atoms with van der Waals surface area (Å²) in [6.07, 6.45) is -0.763. The van der Waals surface area contributed by atoms with Crippen LogP contribution in [0.1, 0.15) is 62.9 Å². The van der Waals surface area contributed by atoms with Gasteiger partial charge in [-0.25, -0.2) is 4.79 Å². The Labute approximate surface area is 230 Å². The van der Waals surface area contributed by atoms with E-state index < -0.39 is 35.6 Å². The molecule has 38 heavy (non-hydrogen) atoms. The molecule has 0 radical (unpaired) electrons. The molecule has 2 rings (SSSR count). The maximum atomic E-state index is 14.0. The van der Waals surface area contributed by atoms with E-state index >= 15 is 0 Å². The van der Waals surface area contributed by atoms with Gasteiger partial charge in [-0.2, -0.15) is 5.26 Å². The highest BCUT2D eigenvalue weighted by Gasteiger charge is 2.38. The van der Waals surface area contributed by atoms with Gasteiger partial charge in [0, 0.05) is 0 Å². The number of ether oxygens (including phenoxy) is 1. The number of benzene rings is 2. The third-order valence-electron chi connectivity index (χ3n) is 5.89. The van der Waals surface area contributed by atoms with Crippen LogP contribution in [0.25, 0.3) is 0 Å². The van der Waals surface area contributed by atoms with Crippen molar-refractivity contribution in [2.24, 2.45) is 5.92 Å². The van der Waals surface area contributed by atoms with E-state index in [1.165, 1.54) is 4.90 Å². The van der Waals surface area contributed by atoms with Gasteiger partial charge in [0.1, 0.15) is 24.2 Å². The van der Waals surface area contributed by atoms with E-state index in [9.17, 15) is 19.6 Å². The van der Waals surface area contributed by atoms with Gasteiger partial charge in [-0.1, -0.05) is 61.3 Å². The zero-order valence-electron chi connectivity index (χ0n) is 23.3. The number of para-hydroxylation sites is 1. The molecule has 9 heteroatoms. The highest BCUT2D eigenvalue weighted by Crippen LogP contribution is 2.31. The maximum Gasteiger partial charge on any atom is 0.408 e. The van der Waals surface area contributed by atoms with Crippen molar-refractivity contribution in [1.82, 2.24) is 10.2 Å². The lowest BCUT2D eigenvalue weighted by molar-refractivity contribution is -0.141. The minimum absolute atomic E-state index is 0.350. The van der Waals surface area contributed by atoms with Crippen molar-refractivity contribution in [1.29, 1.82) is 5.26 Å². The molecule has 2 aromatic rings. The summed E-state index contributed by atoms with van der Waals surface area (Å²) in [7, 11) is 0. The second kappa shape index (κ2) is 12.8. The zero-order valence-corrected chi connectivity index (χ0v) is 24.1. The van der Waals surface area contributed by atoms with Crippen molar-refractivity contribution in [3.05, 3.63) is 63.7 Å². The van der Waals surface area contributed by atoms with Gasteiger partial charge in [0.15, 0.2) is 0 Å². The molecule has 0 bridgehead atoms. The molecule has 0 aliphatic carbocycles. The largest absolute Gasteiger partial charge is 0.444 e. The SMILES string of the molecule is Cc1ccc(C)c(C(C(=O)Nc2c(C)cccc2Cl)N(CC#N)C(=O)C(NC(=O)OC(C)(C)C)C(C)C)c1. The Hall–Kier alpha value is -3.57. The molecule has 2 aromatic carbocycles. The summed E-state index contributed by atoms with van der Waals surface area (Å²) in [6, 6.07) is 10.6. The van der Waals surface area contributed by atoms with Crippen LogP contribution in [-0.4, -0.2) is 41.0 Å². The van der Waals surface area contributed by atoms with E-state index in [4.69, 9.17) is 16.3 Å². The molecule has 0 heterocycles. The maximum absolute atomic E-state index is 14.0. The molecule has 8 nitrogen and oxygen atoms in total. The average molecular weight is 541 g/mol. The van der Waals surface area contributed by atoms with Gasteiger partial charge in [0.2, 0.25) is 5.91 Å². The van der Waals surface area contributed by atoms with Gasteiger partial charge in [-0.05, 0) is 70.2 Å². The fourth-order valence-corrected chi connectivity index (χ4v) is 4.26. The number of nitriles is 1. The first-order chi connectivity index (χ1) is 17.7. The van der Waals surface area contributed by atoms with Gasteiger partial charge in [-0.15, -0.1) is 0 Å². The molecular formula is C29H37ClN4O4. The molecular weight excluding hydrogens is 504 g/mol. The number of amides is 3. The zero-order chi connectivity index (χ0) is 28.8. The molecule has 0 aliphatic heterocycles. The van der Waals surface area contributed by atoms with Crippen molar-refractivity contribution >= 4 is 35.2 Å². The summed E-state index contributed by atoms with van der Waals surface area (Å²) in [6.45, 7) is 13.8. The van der Waals surface area contributed by atoms with Gasteiger partial charge >= 0.3 is 6.09 Å². The smallest absolute Gasteiger partial charge is 0.408 e. The Kier molecular flexibility index (Phi) is 10.3. The number of nitrogens with zero attached hydrogens (tertiary/aromatic N) is 2. The topological polar surface area (TPSA) is 112 Å². The molecule has 204 valence electrons. The molecule has 0 fully saturated rings. The van der Waals surface area contributed by atoms with E-state index in [0.717, 1.165) is 16.7 Å². The van der Waals surface area contributed by atoms with Crippen LogP contribution in [0.4, 0.5) is 10.5 Å². The summed E-state index contributed by atoms with van der Waals surface area (Å²) in [5.74, 6) is -1.47. The first-order valence-corrected chi connectivity index (χ1v) is 12.8. The molecule has 2 unspecified atom stereocenters. The number of hydrogen-bond acceptors (Lipinski definition) is 5. The number of alkyl carbamates (subject to hydrolysis) is 1. The van der Waals surface area contributed by atoms with E-state index in [-0.39, 0.29) is 12.5 Å². The first-order valence-electron chi connectivity index (χ1n) is 12.5. The van der Waals surface area contributed by atoms with E-state index in [1.54, 1.807) is 46.8 Å². The number of nitrogens with one attached hydrogen (secondary N) is 2. The van der Waals surface area contributed by atoms with Crippen LogP contribution >= 0.6 is 11.6 Å². The summed E-state index contributed by atoms with van der Waals surface area (Å²) >= 11 is 6.38. The number of aryl methyl sites for hydroxylation is 3. The molecule has 0 saturated heterocycles. The minimum atomic E-state index is -1.17. The van der Waals surface area contributed by atoms with E-state index in [1.807, 2.05) is 51.1 Å². The lowest BCUT2D eigenvalue weighted by atomic mass is 9.94. The summed E-state index contributed by atoms with van der Waals surface area (Å²) in [5, 5.41) is 15.6. The first kappa shape index (κ1) is 30.7. The van der Waals surface area contributed by atoms with Crippen molar-refractivity contribution in [3.8, 4) is 6.07 Å². The fraction of sp³-hybridized carbons (Fsp3) is 0.448. The van der Waals surface area contributed by atoms with Gasteiger partial charge < -0.3 is 20.3 Å². The molecule has 2 N–H and O–H groups in total. The summed E-state index contributed by atoms with van der Waals surface area (Å²) < 4.78 is 5.36. The van der Waals surface area contributed by atoms with Gasteiger partial charge in [0.05, 0.1) is 16.8 Å².